The van der Waals surface area contributed by atoms with Crippen molar-refractivity contribution in [3.05, 3.63) is 52.0 Å². The first-order chi connectivity index (χ1) is 13.4. The maximum Gasteiger partial charge on any atom is 0.259 e. The maximum atomic E-state index is 13.2. The number of nitriles is 1. The lowest BCUT2D eigenvalue weighted by atomic mass is 10.0. The molecule has 0 radical (unpaired) electrons. The van der Waals surface area contributed by atoms with Gasteiger partial charge < -0.3 is 4.90 Å². The quantitative estimate of drug-likeness (QED) is 0.691. The molecule has 29 heavy (non-hydrogen) atoms. The number of hydrogen-bond acceptors (Lipinski definition) is 5. The van der Waals surface area contributed by atoms with Gasteiger partial charge in [-0.3, -0.25) is 9.69 Å². The minimum Gasteiger partial charge on any atom is -0.303 e. The number of hydrogen-bond donors (Lipinski definition) is 1. The predicted molar refractivity (Wildman–Crippen MR) is 116 cm³/mol. The third-order valence-electron chi connectivity index (χ3n) is 4.48. The number of carbonyl (C=O) groups excluding carboxylic acids is 1. The van der Waals surface area contributed by atoms with Crippen LogP contribution in [0.15, 0.2) is 41.3 Å². The van der Waals surface area contributed by atoms with Crippen molar-refractivity contribution in [1.29, 1.82) is 5.26 Å². The Kier molecular flexibility index (Phi) is 5.36. The van der Waals surface area contributed by atoms with E-state index in [2.05, 4.69) is 0 Å². The van der Waals surface area contributed by atoms with Crippen LogP contribution in [0.5, 0.6) is 0 Å². The van der Waals surface area contributed by atoms with Gasteiger partial charge in [0.1, 0.15) is 16.5 Å². The molecule has 0 unspecified atom stereocenters. The fourth-order valence-corrected chi connectivity index (χ4v) is 4.84. The molecule has 1 aliphatic rings. The summed E-state index contributed by atoms with van der Waals surface area (Å²) in [5.74, 6) is -0.352. The van der Waals surface area contributed by atoms with E-state index >= 15 is 0 Å². The lowest BCUT2D eigenvalue weighted by molar-refractivity contribution is -0.120. The summed E-state index contributed by atoms with van der Waals surface area (Å²) in [4.78, 5) is 15.7. The van der Waals surface area contributed by atoms with Gasteiger partial charge in [-0.05, 0) is 62.5 Å². The second-order valence-electron chi connectivity index (χ2n) is 6.75. The second-order valence-corrected chi connectivity index (χ2v) is 9.46. The smallest absolute Gasteiger partial charge is 0.259 e. The van der Waals surface area contributed by atoms with Crippen molar-refractivity contribution in [1.82, 2.24) is 0 Å². The van der Waals surface area contributed by atoms with Crippen molar-refractivity contribution in [3.63, 3.8) is 0 Å². The lowest BCUT2D eigenvalue weighted by Gasteiger charge is -2.29. The first-order valence-electron chi connectivity index (χ1n) is 8.10. The van der Waals surface area contributed by atoms with E-state index in [0.29, 0.717) is 11.4 Å². The van der Waals surface area contributed by atoms with Crippen LogP contribution in [0.25, 0.3) is 0 Å². The average Bonchev–Trinajstić information content (AvgIpc) is 2.79. The molecule has 0 aliphatic carbocycles. The van der Waals surface area contributed by atoms with Crippen molar-refractivity contribution in [3.8, 4) is 6.07 Å². The Balaban J connectivity index is 2.13. The normalized spacial score (nSPS) is 16.3. The van der Waals surface area contributed by atoms with Crippen LogP contribution in [0.3, 0.4) is 0 Å². The minimum atomic E-state index is -4.08. The molecular weight excluding hydrogens is 455 g/mol. The van der Waals surface area contributed by atoms with Crippen LogP contribution in [0, 0.1) is 11.3 Å². The largest absolute Gasteiger partial charge is 0.303 e. The van der Waals surface area contributed by atoms with E-state index in [0.717, 1.165) is 0 Å². The van der Waals surface area contributed by atoms with Gasteiger partial charge >= 0.3 is 0 Å². The third kappa shape index (κ3) is 3.58. The zero-order valence-electron chi connectivity index (χ0n) is 15.2. The number of rotatable bonds is 3. The standard InChI is InChI=1S/C18H14Cl2N4O3S2/c1-18(2)16(25)23(11-4-3-10(9-21)14(20)7-11)17(28)24(18)12-5-6-13(19)15(8-12)29(22,26)27/h3-8H,1-2H3,(H2,22,26,27). The second kappa shape index (κ2) is 7.23. The van der Waals surface area contributed by atoms with Crippen LogP contribution in [0.4, 0.5) is 11.4 Å². The fourth-order valence-electron chi connectivity index (χ4n) is 3.04. The molecule has 2 aromatic carbocycles. The zero-order chi connectivity index (χ0) is 21.7. The fraction of sp³-hybridized carbons (Fsp3) is 0.167. The average molecular weight is 469 g/mol. The van der Waals surface area contributed by atoms with Gasteiger partial charge in [-0.25, -0.2) is 13.6 Å². The van der Waals surface area contributed by atoms with Gasteiger partial charge in [-0.1, -0.05) is 23.2 Å². The number of amides is 1. The summed E-state index contributed by atoms with van der Waals surface area (Å²) in [6.45, 7) is 3.30. The zero-order valence-corrected chi connectivity index (χ0v) is 18.3. The number of nitrogens with two attached hydrogens (primary N) is 1. The molecule has 1 aliphatic heterocycles. The number of halogens is 2. The van der Waals surface area contributed by atoms with Gasteiger partial charge in [0.25, 0.3) is 5.91 Å². The van der Waals surface area contributed by atoms with Crippen LogP contribution >= 0.6 is 35.4 Å². The highest BCUT2D eigenvalue weighted by molar-refractivity contribution is 7.89. The van der Waals surface area contributed by atoms with Gasteiger partial charge in [0.15, 0.2) is 5.11 Å². The van der Waals surface area contributed by atoms with E-state index in [9.17, 15) is 13.2 Å². The monoisotopic (exact) mass is 468 g/mol. The molecule has 150 valence electrons. The summed E-state index contributed by atoms with van der Waals surface area (Å²) < 4.78 is 23.7. The number of anilines is 2. The van der Waals surface area contributed by atoms with E-state index in [4.69, 9.17) is 45.8 Å². The van der Waals surface area contributed by atoms with Crippen LogP contribution < -0.4 is 14.9 Å². The highest BCUT2D eigenvalue weighted by Gasteiger charge is 2.50. The summed E-state index contributed by atoms with van der Waals surface area (Å²) in [5.41, 5.74) is -0.148. The number of thiocarbonyl (C=S) groups is 1. The number of benzene rings is 2. The Morgan fingerprint density at radius 2 is 1.72 bits per heavy atom. The molecule has 3 rings (SSSR count). The number of sulfonamides is 1. The van der Waals surface area contributed by atoms with Crippen LogP contribution in [0.2, 0.25) is 10.0 Å². The Morgan fingerprint density at radius 1 is 1.10 bits per heavy atom. The number of carbonyl (C=O) groups is 1. The molecule has 0 atom stereocenters. The molecule has 2 aromatic rings. The molecule has 1 saturated heterocycles. The molecule has 2 N–H and O–H groups in total. The Bertz CT molecular complexity index is 1210. The predicted octanol–water partition coefficient (Wildman–Crippen LogP) is 3.43. The van der Waals surface area contributed by atoms with Crippen LogP contribution in [0.1, 0.15) is 19.4 Å². The van der Waals surface area contributed by atoms with Gasteiger partial charge in [0.05, 0.1) is 21.3 Å². The Hall–Kier alpha value is -2.22. The first kappa shape index (κ1) is 21.5. The molecular formula is C18H14Cl2N4O3S2. The number of primary sulfonamides is 1. The first-order valence-corrected chi connectivity index (χ1v) is 10.8. The summed E-state index contributed by atoms with van der Waals surface area (Å²) in [5, 5.41) is 14.5. The topological polar surface area (TPSA) is 108 Å². The van der Waals surface area contributed by atoms with Crippen LogP contribution in [-0.4, -0.2) is 25.0 Å². The highest BCUT2D eigenvalue weighted by atomic mass is 35.5. The van der Waals surface area contributed by atoms with E-state index in [1.807, 2.05) is 6.07 Å². The molecule has 0 bridgehead atoms. The van der Waals surface area contributed by atoms with Crippen molar-refractivity contribution in [2.45, 2.75) is 24.3 Å². The molecule has 1 fully saturated rings. The van der Waals surface area contributed by atoms with Crippen molar-refractivity contribution in [2.24, 2.45) is 5.14 Å². The highest BCUT2D eigenvalue weighted by Crippen LogP contribution is 2.38. The summed E-state index contributed by atoms with van der Waals surface area (Å²) in [7, 11) is -4.08. The van der Waals surface area contributed by atoms with Gasteiger partial charge in [0, 0.05) is 5.69 Å². The molecule has 7 nitrogen and oxygen atoms in total. The van der Waals surface area contributed by atoms with E-state index in [-0.39, 0.29) is 31.5 Å². The minimum absolute atomic E-state index is 0.0405. The summed E-state index contributed by atoms with van der Waals surface area (Å²) >= 11 is 17.6. The van der Waals surface area contributed by atoms with Crippen LogP contribution in [-0.2, 0) is 14.8 Å². The molecule has 0 spiro atoms. The molecule has 11 heteroatoms. The molecule has 1 heterocycles. The maximum absolute atomic E-state index is 13.2. The summed E-state index contributed by atoms with van der Waals surface area (Å²) in [6, 6.07) is 10.7. The van der Waals surface area contributed by atoms with E-state index in [1.54, 1.807) is 26.0 Å². The SMILES string of the molecule is CC1(C)C(=O)N(c2ccc(C#N)c(Cl)c2)C(=S)N1c1ccc(Cl)c(S(N)(=O)=O)c1. The van der Waals surface area contributed by atoms with E-state index in [1.165, 1.54) is 34.1 Å². The lowest BCUT2D eigenvalue weighted by Crippen LogP contribution is -2.44. The van der Waals surface area contributed by atoms with Crippen molar-refractivity contribution < 1.29 is 13.2 Å². The number of nitrogens with zero attached hydrogens (tertiary/aromatic N) is 3. The molecule has 0 saturated carbocycles. The third-order valence-corrected chi connectivity index (χ3v) is 6.55. The van der Waals surface area contributed by atoms with Gasteiger partial charge in [-0.2, -0.15) is 5.26 Å². The Morgan fingerprint density at radius 3 is 2.28 bits per heavy atom. The molecule has 1 amide bonds. The Labute approximate surface area is 183 Å². The summed E-state index contributed by atoms with van der Waals surface area (Å²) in [6.07, 6.45) is 0. The van der Waals surface area contributed by atoms with Crippen molar-refractivity contribution >= 4 is 67.8 Å². The van der Waals surface area contributed by atoms with Crippen molar-refractivity contribution in [2.75, 3.05) is 9.80 Å². The van der Waals surface area contributed by atoms with E-state index < -0.39 is 15.6 Å². The molecule has 0 aromatic heterocycles. The van der Waals surface area contributed by atoms with Gasteiger partial charge in [0.2, 0.25) is 10.0 Å². The van der Waals surface area contributed by atoms with Gasteiger partial charge in [-0.15, -0.1) is 0 Å².